The molecule has 17 heavy (non-hydrogen) atoms. The summed E-state index contributed by atoms with van der Waals surface area (Å²) in [5.41, 5.74) is 0. The summed E-state index contributed by atoms with van der Waals surface area (Å²) in [6.07, 6.45) is 4.88. The minimum absolute atomic E-state index is 0.0341. The van der Waals surface area contributed by atoms with Crippen LogP contribution < -0.4 is 0 Å². The number of allylic oxidation sites excluding steroid dienone is 1. The molecule has 0 radical (unpaired) electrons. The van der Waals surface area contributed by atoms with Crippen molar-refractivity contribution >= 4 is 15.8 Å². The minimum atomic E-state index is -3.31. The van der Waals surface area contributed by atoms with Crippen molar-refractivity contribution in [3.8, 4) is 0 Å². The third-order valence-electron chi connectivity index (χ3n) is 3.11. The molecule has 1 rings (SSSR count). The number of hydrogen-bond acceptors (Lipinski definition) is 3. The van der Waals surface area contributed by atoms with E-state index in [0.717, 1.165) is 12.8 Å². The third-order valence-corrected chi connectivity index (χ3v) is 5.01. The maximum Gasteiger partial charge on any atom is 0.215 e. The number of carbonyl (C=O) groups is 1. The molecule has 5 heteroatoms. The van der Waals surface area contributed by atoms with E-state index in [2.05, 4.69) is 6.58 Å². The van der Waals surface area contributed by atoms with Gasteiger partial charge in [-0.05, 0) is 19.3 Å². The molecule has 1 aliphatic heterocycles. The van der Waals surface area contributed by atoms with Crippen molar-refractivity contribution in [2.75, 3.05) is 12.3 Å². The van der Waals surface area contributed by atoms with E-state index in [4.69, 9.17) is 0 Å². The average Bonchev–Trinajstić information content (AvgIpc) is 2.35. The van der Waals surface area contributed by atoms with Crippen LogP contribution in [0.2, 0.25) is 0 Å². The number of sulfonamides is 1. The SMILES string of the molecule is C=CCCS(=O)(=O)N1CCCC[C@H]1C(=O)CC. The van der Waals surface area contributed by atoms with Gasteiger partial charge in [-0.3, -0.25) is 4.79 Å². The normalized spacial score (nSPS) is 22.3. The van der Waals surface area contributed by atoms with E-state index < -0.39 is 16.1 Å². The van der Waals surface area contributed by atoms with Gasteiger partial charge in [-0.2, -0.15) is 4.31 Å². The van der Waals surface area contributed by atoms with Crippen molar-refractivity contribution in [1.82, 2.24) is 4.31 Å². The van der Waals surface area contributed by atoms with Crippen LogP contribution in [0.4, 0.5) is 0 Å². The number of ketones is 1. The van der Waals surface area contributed by atoms with Gasteiger partial charge in [0, 0.05) is 13.0 Å². The van der Waals surface area contributed by atoms with E-state index in [0.29, 0.717) is 25.8 Å². The van der Waals surface area contributed by atoms with E-state index in [1.54, 1.807) is 13.0 Å². The zero-order chi connectivity index (χ0) is 12.9. The Balaban J connectivity index is 2.83. The molecule has 0 aromatic heterocycles. The summed E-state index contributed by atoms with van der Waals surface area (Å²) >= 11 is 0. The van der Waals surface area contributed by atoms with Crippen molar-refractivity contribution in [2.24, 2.45) is 0 Å². The van der Waals surface area contributed by atoms with Crippen molar-refractivity contribution in [3.63, 3.8) is 0 Å². The zero-order valence-corrected chi connectivity index (χ0v) is 11.2. The van der Waals surface area contributed by atoms with Gasteiger partial charge in [0.05, 0.1) is 11.8 Å². The molecule has 0 amide bonds. The van der Waals surface area contributed by atoms with Crippen LogP contribution in [0.25, 0.3) is 0 Å². The van der Waals surface area contributed by atoms with Crippen LogP contribution in [-0.4, -0.2) is 36.8 Å². The first kappa shape index (κ1) is 14.4. The third kappa shape index (κ3) is 3.64. The molecule has 4 nitrogen and oxygen atoms in total. The lowest BCUT2D eigenvalue weighted by atomic mass is 10.00. The first-order valence-electron chi connectivity index (χ1n) is 6.16. The Morgan fingerprint density at radius 1 is 1.47 bits per heavy atom. The molecule has 1 aliphatic rings. The second-order valence-electron chi connectivity index (χ2n) is 4.34. The molecule has 0 N–H and O–H groups in total. The van der Waals surface area contributed by atoms with E-state index in [9.17, 15) is 13.2 Å². The minimum Gasteiger partial charge on any atom is -0.298 e. The van der Waals surface area contributed by atoms with E-state index in [-0.39, 0.29) is 11.5 Å². The first-order chi connectivity index (χ1) is 8.03. The van der Waals surface area contributed by atoms with Gasteiger partial charge in [0.2, 0.25) is 10.0 Å². The average molecular weight is 259 g/mol. The molecule has 0 bridgehead atoms. The number of carbonyl (C=O) groups excluding carboxylic acids is 1. The van der Waals surface area contributed by atoms with Gasteiger partial charge in [-0.25, -0.2) is 8.42 Å². The molecule has 0 unspecified atom stereocenters. The van der Waals surface area contributed by atoms with Gasteiger partial charge in [0.15, 0.2) is 5.78 Å². The number of nitrogens with zero attached hydrogens (tertiary/aromatic N) is 1. The van der Waals surface area contributed by atoms with Crippen molar-refractivity contribution < 1.29 is 13.2 Å². The zero-order valence-electron chi connectivity index (χ0n) is 10.4. The fourth-order valence-electron chi connectivity index (χ4n) is 2.14. The molecule has 0 aromatic carbocycles. The Hall–Kier alpha value is -0.680. The lowest BCUT2D eigenvalue weighted by molar-refractivity contribution is -0.123. The van der Waals surface area contributed by atoms with Crippen LogP contribution in [0, 0.1) is 0 Å². The summed E-state index contributed by atoms with van der Waals surface area (Å²) in [4.78, 5) is 11.8. The summed E-state index contributed by atoms with van der Waals surface area (Å²) in [7, 11) is -3.31. The van der Waals surface area contributed by atoms with Gasteiger partial charge in [0.25, 0.3) is 0 Å². The summed E-state index contributed by atoms with van der Waals surface area (Å²) in [5, 5.41) is 0. The van der Waals surface area contributed by atoms with Gasteiger partial charge in [-0.15, -0.1) is 6.58 Å². The fourth-order valence-corrected chi connectivity index (χ4v) is 3.86. The van der Waals surface area contributed by atoms with Gasteiger partial charge >= 0.3 is 0 Å². The molecule has 0 saturated carbocycles. The number of rotatable bonds is 6. The lowest BCUT2D eigenvalue weighted by Crippen LogP contribution is -2.48. The highest BCUT2D eigenvalue weighted by molar-refractivity contribution is 7.89. The topological polar surface area (TPSA) is 54.5 Å². The molecule has 0 aromatic rings. The van der Waals surface area contributed by atoms with Crippen LogP contribution in [0.3, 0.4) is 0 Å². The van der Waals surface area contributed by atoms with Crippen LogP contribution in [0.15, 0.2) is 12.7 Å². The second-order valence-corrected chi connectivity index (χ2v) is 6.38. The fraction of sp³-hybridized carbons (Fsp3) is 0.750. The number of piperidine rings is 1. The van der Waals surface area contributed by atoms with Gasteiger partial charge < -0.3 is 0 Å². The van der Waals surface area contributed by atoms with Crippen molar-refractivity contribution in [1.29, 1.82) is 0 Å². The molecule has 1 heterocycles. The Labute approximate surface area is 104 Å². The maximum absolute atomic E-state index is 12.1. The van der Waals surface area contributed by atoms with Crippen LogP contribution in [0.1, 0.15) is 39.0 Å². The van der Waals surface area contributed by atoms with Crippen LogP contribution in [0.5, 0.6) is 0 Å². The van der Waals surface area contributed by atoms with Gasteiger partial charge in [0.1, 0.15) is 0 Å². The predicted molar refractivity (Wildman–Crippen MR) is 68.2 cm³/mol. The van der Waals surface area contributed by atoms with Gasteiger partial charge in [-0.1, -0.05) is 19.4 Å². The Bertz CT molecular complexity index is 375. The van der Waals surface area contributed by atoms with E-state index >= 15 is 0 Å². The Kier molecular flexibility index (Phi) is 5.33. The Morgan fingerprint density at radius 3 is 2.76 bits per heavy atom. The van der Waals surface area contributed by atoms with Crippen LogP contribution >= 0.6 is 0 Å². The highest BCUT2D eigenvalue weighted by atomic mass is 32.2. The largest absolute Gasteiger partial charge is 0.298 e. The molecular weight excluding hydrogens is 238 g/mol. The summed E-state index contributed by atoms with van der Waals surface area (Å²) in [5.74, 6) is 0.0937. The van der Waals surface area contributed by atoms with Crippen molar-refractivity contribution in [2.45, 2.75) is 45.1 Å². The number of hydrogen-bond donors (Lipinski definition) is 0. The summed E-state index contributed by atoms with van der Waals surface area (Å²) in [6, 6.07) is -0.427. The predicted octanol–water partition coefficient (Wildman–Crippen LogP) is 1.73. The van der Waals surface area contributed by atoms with Crippen molar-refractivity contribution in [3.05, 3.63) is 12.7 Å². The summed E-state index contributed by atoms with van der Waals surface area (Å²) < 4.78 is 25.6. The second kappa shape index (κ2) is 6.31. The number of Topliss-reactive ketones (excluding diaryl/α,β-unsaturated/α-hetero) is 1. The molecule has 1 atom stereocenters. The Morgan fingerprint density at radius 2 is 2.18 bits per heavy atom. The monoisotopic (exact) mass is 259 g/mol. The van der Waals surface area contributed by atoms with E-state index in [1.165, 1.54) is 4.31 Å². The quantitative estimate of drug-likeness (QED) is 0.683. The molecule has 0 aliphatic carbocycles. The smallest absolute Gasteiger partial charge is 0.215 e. The first-order valence-corrected chi connectivity index (χ1v) is 7.77. The van der Waals surface area contributed by atoms with Crippen LogP contribution in [-0.2, 0) is 14.8 Å². The highest BCUT2D eigenvalue weighted by Crippen LogP contribution is 2.22. The van der Waals surface area contributed by atoms with E-state index in [1.807, 2.05) is 0 Å². The standard InChI is InChI=1S/C12H21NO3S/c1-3-5-10-17(15,16)13-9-7-6-8-11(13)12(14)4-2/h3,11H,1,4-10H2,2H3/t11-/m0/s1. The lowest BCUT2D eigenvalue weighted by Gasteiger charge is -2.33. The molecular formula is C12H21NO3S. The molecule has 1 saturated heterocycles. The highest BCUT2D eigenvalue weighted by Gasteiger charge is 2.34. The molecule has 0 spiro atoms. The molecule has 1 fully saturated rings. The summed E-state index contributed by atoms with van der Waals surface area (Å²) in [6.45, 7) is 5.79. The maximum atomic E-state index is 12.1. The molecule has 98 valence electrons.